The van der Waals surface area contributed by atoms with Crippen LogP contribution in [0.3, 0.4) is 0 Å². The molecule has 1 aliphatic heterocycles. The topological polar surface area (TPSA) is 73.9 Å². The van der Waals surface area contributed by atoms with Crippen molar-refractivity contribution in [2.75, 3.05) is 26.9 Å². The van der Waals surface area contributed by atoms with Crippen LogP contribution in [0.2, 0.25) is 0 Å². The number of hydrogen-bond acceptors (Lipinski definition) is 5. The lowest BCUT2D eigenvalue weighted by Gasteiger charge is -2.35. The number of carbonyl (C=O) groups excluding carboxylic acids is 1. The van der Waals surface area contributed by atoms with Crippen LogP contribution in [0, 0.1) is 5.92 Å². The summed E-state index contributed by atoms with van der Waals surface area (Å²) >= 11 is 0. The largest absolute Gasteiger partial charge is 0.497 e. The first kappa shape index (κ1) is 15.3. The summed E-state index contributed by atoms with van der Waals surface area (Å²) in [5.41, 5.74) is 0.130. The molecule has 1 saturated heterocycles. The zero-order valence-corrected chi connectivity index (χ0v) is 13.6. The maximum atomic E-state index is 12.7. The summed E-state index contributed by atoms with van der Waals surface area (Å²) in [6.07, 6.45) is 2.28. The minimum Gasteiger partial charge on any atom is -0.497 e. The Bertz CT molecular complexity index is 820. The smallest absolute Gasteiger partial charge is 0.290 e. The molecule has 1 amide bonds. The maximum absolute atomic E-state index is 12.7. The summed E-state index contributed by atoms with van der Waals surface area (Å²) in [5.74, 6) is 1.05. The molecule has 1 saturated carbocycles. The zero-order valence-electron chi connectivity index (χ0n) is 13.6. The molecule has 2 fully saturated rings. The number of ether oxygens (including phenoxy) is 2. The predicted octanol–water partition coefficient (Wildman–Crippen LogP) is 1.24. The molecule has 2 aliphatic rings. The average molecular weight is 332 g/mol. The minimum absolute atomic E-state index is 0.0843. The monoisotopic (exact) mass is 332 g/mol. The number of rotatable bonds is 4. The predicted molar refractivity (Wildman–Crippen MR) is 86.1 cm³/mol. The van der Waals surface area contributed by atoms with Crippen LogP contribution in [0.25, 0.3) is 11.0 Å². The molecule has 1 unspecified atom stereocenters. The Labute approximate surface area is 138 Å². The number of carbonyl (C=O) groups is 1. The van der Waals surface area contributed by atoms with Crippen molar-refractivity contribution in [2.45, 2.75) is 25.4 Å². The van der Waals surface area contributed by atoms with Gasteiger partial charge in [0, 0.05) is 12.6 Å². The van der Waals surface area contributed by atoms with Crippen LogP contribution in [0.4, 0.5) is 0 Å². The van der Waals surface area contributed by atoms with Crippen LogP contribution in [-0.4, -0.2) is 48.5 Å². The molecule has 0 spiro atoms. The number of aromatic nitrogens is 1. The fraction of sp³-hybridized carbons (Fsp3) is 0.529. The highest BCUT2D eigenvalue weighted by molar-refractivity contribution is 5.79. The molecule has 0 N–H and O–H groups in total. The Balaban J connectivity index is 1.57. The van der Waals surface area contributed by atoms with Gasteiger partial charge in [0.2, 0.25) is 5.91 Å². The molecule has 1 atom stereocenters. The van der Waals surface area contributed by atoms with Crippen molar-refractivity contribution >= 4 is 16.9 Å². The molecule has 2 aromatic rings. The number of benzene rings is 1. The Kier molecular flexibility index (Phi) is 3.80. The highest BCUT2D eigenvalue weighted by Crippen LogP contribution is 2.36. The van der Waals surface area contributed by atoms with E-state index >= 15 is 0 Å². The molecule has 1 aliphatic carbocycles. The zero-order chi connectivity index (χ0) is 16.7. The van der Waals surface area contributed by atoms with Crippen molar-refractivity contribution in [1.29, 1.82) is 0 Å². The lowest BCUT2D eigenvalue weighted by Crippen LogP contribution is -2.51. The number of hydrogen-bond donors (Lipinski definition) is 0. The van der Waals surface area contributed by atoms with E-state index in [4.69, 9.17) is 14.0 Å². The second-order valence-corrected chi connectivity index (χ2v) is 6.36. The lowest BCUT2D eigenvalue weighted by atomic mass is 10.1. The SMILES string of the molecule is COc1ccc2c(=O)n(CC(=O)N3CCOCC3C3CC3)oc2c1. The normalized spacial score (nSPS) is 21.2. The maximum Gasteiger partial charge on any atom is 0.290 e. The molecule has 128 valence electrons. The van der Waals surface area contributed by atoms with Gasteiger partial charge in [0.25, 0.3) is 5.56 Å². The first-order chi connectivity index (χ1) is 11.7. The highest BCUT2D eigenvalue weighted by Gasteiger charge is 2.39. The van der Waals surface area contributed by atoms with Gasteiger partial charge in [0.05, 0.1) is 31.8 Å². The minimum atomic E-state index is -0.294. The molecular formula is C17H20N2O5. The molecule has 24 heavy (non-hydrogen) atoms. The molecule has 7 heteroatoms. The fourth-order valence-electron chi connectivity index (χ4n) is 3.30. The van der Waals surface area contributed by atoms with E-state index < -0.39 is 0 Å². The average Bonchev–Trinajstić information content (AvgIpc) is 3.41. The lowest BCUT2D eigenvalue weighted by molar-refractivity contribution is -0.142. The van der Waals surface area contributed by atoms with Crippen LogP contribution in [0.1, 0.15) is 12.8 Å². The highest BCUT2D eigenvalue weighted by atomic mass is 16.5. The fourth-order valence-corrected chi connectivity index (χ4v) is 3.30. The molecule has 0 radical (unpaired) electrons. The molecule has 1 aromatic carbocycles. The van der Waals surface area contributed by atoms with Crippen molar-refractivity contribution in [3.8, 4) is 5.75 Å². The van der Waals surface area contributed by atoms with E-state index in [-0.39, 0.29) is 24.1 Å². The van der Waals surface area contributed by atoms with Gasteiger partial charge in [-0.15, -0.1) is 0 Å². The van der Waals surface area contributed by atoms with Gasteiger partial charge in [-0.25, -0.2) is 0 Å². The van der Waals surface area contributed by atoms with E-state index in [1.54, 1.807) is 25.3 Å². The second-order valence-electron chi connectivity index (χ2n) is 6.36. The van der Waals surface area contributed by atoms with Gasteiger partial charge in [-0.05, 0) is 30.9 Å². The number of fused-ring (bicyclic) bond motifs is 1. The van der Waals surface area contributed by atoms with Crippen LogP contribution in [0.5, 0.6) is 5.75 Å². The number of morpholine rings is 1. The third-order valence-electron chi connectivity index (χ3n) is 4.79. The summed E-state index contributed by atoms with van der Waals surface area (Å²) < 4.78 is 17.3. The van der Waals surface area contributed by atoms with E-state index in [0.717, 1.165) is 17.6 Å². The van der Waals surface area contributed by atoms with Crippen LogP contribution >= 0.6 is 0 Å². The summed E-state index contributed by atoms with van der Waals surface area (Å²) in [4.78, 5) is 26.9. The molecule has 7 nitrogen and oxygen atoms in total. The van der Waals surface area contributed by atoms with Crippen LogP contribution in [0.15, 0.2) is 27.5 Å². The number of nitrogens with zero attached hydrogens (tertiary/aromatic N) is 2. The summed E-state index contributed by atoms with van der Waals surface area (Å²) in [5, 5.41) is 0.448. The summed E-state index contributed by atoms with van der Waals surface area (Å²) in [6.45, 7) is 1.62. The van der Waals surface area contributed by atoms with Gasteiger partial charge in [0.1, 0.15) is 12.3 Å². The van der Waals surface area contributed by atoms with Crippen LogP contribution in [-0.2, 0) is 16.1 Å². The summed E-state index contributed by atoms with van der Waals surface area (Å²) in [6, 6.07) is 5.14. The van der Waals surface area contributed by atoms with E-state index in [1.165, 1.54) is 0 Å². The van der Waals surface area contributed by atoms with Gasteiger partial charge in [0.15, 0.2) is 5.58 Å². The van der Waals surface area contributed by atoms with E-state index in [1.807, 2.05) is 4.90 Å². The molecular weight excluding hydrogens is 312 g/mol. The first-order valence-corrected chi connectivity index (χ1v) is 8.22. The third kappa shape index (κ3) is 2.69. The van der Waals surface area contributed by atoms with Crippen molar-refractivity contribution in [2.24, 2.45) is 5.92 Å². The Hall–Kier alpha value is -2.28. The van der Waals surface area contributed by atoms with Gasteiger partial charge in [-0.1, -0.05) is 0 Å². The van der Waals surface area contributed by atoms with Gasteiger partial charge < -0.3 is 18.9 Å². The quantitative estimate of drug-likeness (QED) is 0.842. The summed E-state index contributed by atoms with van der Waals surface area (Å²) in [7, 11) is 1.55. The van der Waals surface area contributed by atoms with E-state index in [0.29, 0.717) is 42.4 Å². The Morgan fingerprint density at radius 2 is 2.21 bits per heavy atom. The standard InChI is InChI=1S/C17H20N2O5/c1-22-12-4-5-13-15(8-12)24-19(17(13)21)9-16(20)18-6-7-23-10-14(18)11-2-3-11/h4-5,8,11,14H,2-3,6-7,9-10H2,1H3. The molecule has 4 rings (SSSR count). The Morgan fingerprint density at radius 1 is 1.38 bits per heavy atom. The van der Waals surface area contributed by atoms with E-state index in [9.17, 15) is 9.59 Å². The molecule has 1 aromatic heterocycles. The first-order valence-electron chi connectivity index (χ1n) is 8.22. The Morgan fingerprint density at radius 3 is 2.96 bits per heavy atom. The molecule has 0 bridgehead atoms. The van der Waals surface area contributed by atoms with Crippen molar-refractivity contribution < 1.29 is 18.8 Å². The number of methoxy groups -OCH3 is 1. The third-order valence-corrected chi connectivity index (χ3v) is 4.79. The van der Waals surface area contributed by atoms with Crippen LogP contribution < -0.4 is 10.3 Å². The van der Waals surface area contributed by atoms with Crippen molar-refractivity contribution in [3.05, 3.63) is 28.6 Å². The van der Waals surface area contributed by atoms with Gasteiger partial charge in [-0.3, -0.25) is 9.59 Å². The molecule has 2 heterocycles. The van der Waals surface area contributed by atoms with Crippen molar-refractivity contribution in [3.63, 3.8) is 0 Å². The van der Waals surface area contributed by atoms with Crippen molar-refractivity contribution in [1.82, 2.24) is 9.64 Å². The second kappa shape index (κ2) is 5.98. The van der Waals surface area contributed by atoms with Gasteiger partial charge >= 0.3 is 0 Å². The van der Waals surface area contributed by atoms with Gasteiger partial charge in [-0.2, -0.15) is 4.74 Å². The number of amides is 1. The van der Waals surface area contributed by atoms with E-state index in [2.05, 4.69) is 0 Å².